The normalized spacial score (nSPS) is 20.9. The van der Waals surface area contributed by atoms with Gasteiger partial charge in [0.2, 0.25) is 5.91 Å². The van der Waals surface area contributed by atoms with Gasteiger partial charge in [0.25, 0.3) is 11.8 Å². The molecule has 172 valence electrons. The Morgan fingerprint density at radius 1 is 1.12 bits per heavy atom. The zero-order chi connectivity index (χ0) is 22.6. The molecule has 1 atom stereocenters. The summed E-state index contributed by atoms with van der Waals surface area (Å²) in [6, 6.07) is 8.80. The van der Waals surface area contributed by atoms with Gasteiger partial charge in [-0.15, -0.1) is 5.10 Å². The van der Waals surface area contributed by atoms with Gasteiger partial charge in [-0.1, -0.05) is 54.8 Å². The molecule has 1 unspecified atom stereocenters. The van der Waals surface area contributed by atoms with Crippen molar-refractivity contribution < 1.29 is 18.4 Å². The van der Waals surface area contributed by atoms with Gasteiger partial charge in [-0.3, -0.25) is 9.59 Å². The van der Waals surface area contributed by atoms with Gasteiger partial charge >= 0.3 is 0 Å². The van der Waals surface area contributed by atoms with E-state index in [1.54, 1.807) is 0 Å². The van der Waals surface area contributed by atoms with E-state index in [2.05, 4.69) is 15.6 Å². The minimum atomic E-state index is -2.91. The third-order valence-corrected chi connectivity index (χ3v) is 6.35. The number of alkyl halides is 2. The molecule has 0 bridgehead atoms. The molecule has 1 saturated carbocycles. The van der Waals surface area contributed by atoms with E-state index in [1.807, 2.05) is 30.3 Å². The maximum Gasteiger partial charge on any atom is 0.273 e. The molecular weight excluding hydrogens is 416 g/mol. The van der Waals surface area contributed by atoms with E-state index >= 15 is 0 Å². The summed E-state index contributed by atoms with van der Waals surface area (Å²) in [5.74, 6) is -3.22. The molecule has 1 aliphatic heterocycles. The number of rotatable bonds is 7. The SMILES string of the molecule is O=C(NCc1ccccc1)c1cn(CC2CC(F)(F)CN2C(=O)CC2CCCCC2)nn1. The third kappa shape index (κ3) is 5.69. The van der Waals surface area contributed by atoms with Crippen molar-refractivity contribution in [3.63, 3.8) is 0 Å². The summed E-state index contributed by atoms with van der Waals surface area (Å²) < 4.78 is 29.7. The molecule has 7 nitrogen and oxygen atoms in total. The fourth-order valence-electron chi connectivity index (χ4n) is 4.68. The molecule has 0 spiro atoms. The van der Waals surface area contributed by atoms with E-state index in [0.29, 0.717) is 13.0 Å². The number of likely N-dealkylation sites (tertiary alicyclic amines) is 1. The first-order chi connectivity index (χ1) is 15.4. The monoisotopic (exact) mass is 445 g/mol. The topological polar surface area (TPSA) is 80.1 Å². The quantitative estimate of drug-likeness (QED) is 0.708. The number of aromatic nitrogens is 3. The van der Waals surface area contributed by atoms with Crippen molar-refractivity contribution in [2.75, 3.05) is 6.54 Å². The van der Waals surface area contributed by atoms with Crippen molar-refractivity contribution in [2.24, 2.45) is 5.92 Å². The van der Waals surface area contributed by atoms with Crippen LogP contribution in [0, 0.1) is 5.92 Å². The van der Waals surface area contributed by atoms with Gasteiger partial charge in [0.05, 0.1) is 25.3 Å². The highest BCUT2D eigenvalue weighted by Gasteiger charge is 2.47. The molecule has 1 aromatic heterocycles. The Bertz CT molecular complexity index is 927. The van der Waals surface area contributed by atoms with Gasteiger partial charge in [0, 0.05) is 19.4 Å². The molecule has 2 aromatic rings. The van der Waals surface area contributed by atoms with E-state index in [0.717, 1.165) is 31.2 Å². The molecule has 2 heterocycles. The second-order valence-electron chi connectivity index (χ2n) is 8.94. The van der Waals surface area contributed by atoms with Crippen LogP contribution in [0.3, 0.4) is 0 Å². The van der Waals surface area contributed by atoms with Crippen molar-refractivity contribution in [1.82, 2.24) is 25.2 Å². The van der Waals surface area contributed by atoms with Gasteiger partial charge in [-0.05, 0) is 24.3 Å². The molecule has 1 aromatic carbocycles. The first-order valence-electron chi connectivity index (χ1n) is 11.3. The molecule has 1 saturated heterocycles. The first kappa shape index (κ1) is 22.4. The molecule has 2 amide bonds. The van der Waals surface area contributed by atoms with Crippen LogP contribution in [0.5, 0.6) is 0 Å². The highest BCUT2D eigenvalue weighted by molar-refractivity contribution is 5.91. The Morgan fingerprint density at radius 2 is 1.88 bits per heavy atom. The summed E-state index contributed by atoms with van der Waals surface area (Å²) in [4.78, 5) is 26.5. The number of nitrogens with zero attached hydrogens (tertiary/aromatic N) is 4. The van der Waals surface area contributed by atoms with Crippen molar-refractivity contribution in [3.8, 4) is 0 Å². The molecule has 9 heteroatoms. The number of amides is 2. The predicted molar refractivity (Wildman–Crippen MR) is 114 cm³/mol. The van der Waals surface area contributed by atoms with E-state index in [9.17, 15) is 18.4 Å². The molecule has 1 aliphatic carbocycles. The average molecular weight is 446 g/mol. The van der Waals surface area contributed by atoms with Gasteiger partial charge in [-0.2, -0.15) is 0 Å². The van der Waals surface area contributed by atoms with Crippen LogP contribution in [-0.2, 0) is 17.9 Å². The van der Waals surface area contributed by atoms with Crippen molar-refractivity contribution in [2.45, 2.75) is 70.0 Å². The van der Waals surface area contributed by atoms with Crippen LogP contribution >= 0.6 is 0 Å². The van der Waals surface area contributed by atoms with Crippen LogP contribution in [-0.4, -0.2) is 50.2 Å². The molecule has 1 N–H and O–H groups in total. The van der Waals surface area contributed by atoms with Crippen LogP contribution in [0.1, 0.15) is 61.0 Å². The van der Waals surface area contributed by atoms with Gasteiger partial charge in [0.1, 0.15) is 0 Å². The summed E-state index contributed by atoms with van der Waals surface area (Å²) in [5, 5.41) is 10.6. The smallest absolute Gasteiger partial charge is 0.273 e. The fraction of sp³-hybridized carbons (Fsp3) is 0.565. The zero-order valence-electron chi connectivity index (χ0n) is 18.1. The Hall–Kier alpha value is -2.84. The largest absolute Gasteiger partial charge is 0.347 e. The highest BCUT2D eigenvalue weighted by Crippen LogP contribution is 2.35. The van der Waals surface area contributed by atoms with E-state index < -0.39 is 24.9 Å². The van der Waals surface area contributed by atoms with Crippen LogP contribution in [0.4, 0.5) is 8.78 Å². The molecular formula is C23H29F2N5O2. The highest BCUT2D eigenvalue weighted by atomic mass is 19.3. The number of carbonyl (C=O) groups excluding carboxylic acids is 2. The standard InChI is InChI=1S/C23H29F2N5O2/c24-23(25)12-19(30(16-23)21(31)11-17-7-3-1-4-8-17)14-29-15-20(27-28-29)22(32)26-13-18-9-5-2-6-10-18/h2,5-6,9-10,15,17,19H,1,3-4,7-8,11-14,16H2,(H,26,32). The number of carbonyl (C=O) groups is 2. The Labute approximate surface area is 186 Å². The minimum absolute atomic E-state index is 0.0883. The van der Waals surface area contributed by atoms with Crippen LogP contribution in [0.15, 0.2) is 36.5 Å². The molecule has 32 heavy (non-hydrogen) atoms. The van der Waals surface area contributed by atoms with E-state index in [1.165, 1.54) is 22.2 Å². The van der Waals surface area contributed by atoms with Gasteiger partial charge < -0.3 is 10.2 Å². The number of benzene rings is 1. The van der Waals surface area contributed by atoms with Crippen molar-refractivity contribution in [1.29, 1.82) is 0 Å². The Morgan fingerprint density at radius 3 is 2.62 bits per heavy atom. The second kappa shape index (κ2) is 9.75. The third-order valence-electron chi connectivity index (χ3n) is 6.35. The van der Waals surface area contributed by atoms with Crippen molar-refractivity contribution >= 4 is 11.8 Å². The van der Waals surface area contributed by atoms with E-state index in [-0.39, 0.29) is 30.0 Å². The number of nitrogens with one attached hydrogen (secondary N) is 1. The zero-order valence-corrected chi connectivity index (χ0v) is 18.1. The van der Waals surface area contributed by atoms with E-state index in [4.69, 9.17) is 0 Å². The van der Waals surface area contributed by atoms with Crippen LogP contribution < -0.4 is 5.32 Å². The summed E-state index contributed by atoms with van der Waals surface area (Å²) >= 11 is 0. The summed E-state index contributed by atoms with van der Waals surface area (Å²) in [6.07, 6.45) is 6.74. The molecule has 0 radical (unpaired) electrons. The number of hydrogen-bond donors (Lipinski definition) is 1. The summed E-state index contributed by atoms with van der Waals surface area (Å²) in [5.41, 5.74) is 1.07. The lowest BCUT2D eigenvalue weighted by Gasteiger charge is -2.27. The average Bonchev–Trinajstić information content (AvgIpc) is 3.37. The van der Waals surface area contributed by atoms with Gasteiger partial charge in [-0.25, -0.2) is 13.5 Å². The van der Waals surface area contributed by atoms with Gasteiger partial charge in [0.15, 0.2) is 5.69 Å². The Kier molecular flexibility index (Phi) is 6.81. The molecule has 4 rings (SSSR count). The summed E-state index contributed by atoms with van der Waals surface area (Å²) in [7, 11) is 0. The first-order valence-corrected chi connectivity index (χ1v) is 11.3. The molecule has 2 aliphatic rings. The second-order valence-corrected chi connectivity index (χ2v) is 8.94. The van der Waals surface area contributed by atoms with Crippen molar-refractivity contribution in [3.05, 3.63) is 47.8 Å². The lowest BCUT2D eigenvalue weighted by atomic mass is 9.86. The molecule has 2 fully saturated rings. The number of hydrogen-bond acceptors (Lipinski definition) is 4. The maximum atomic E-state index is 14.2. The minimum Gasteiger partial charge on any atom is -0.347 e. The Balaban J connectivity index is 1.35. The predicted octanol–water partition coefficient (Wildman–Crippen LogP) is 3.41. The summed E-state index contributed by atoms with van der Waals surface area (Å²) in [6.45, 7) is -0.113. The van der Waals surface area contributed by atoms with Crippen LogP contribution in [0.2, 0.25) is 0 Å². The fourth-order valence-corrected chi connectivity index (χ4v) is 4.68. The van der Waals surface area contributed by atoms with Crippen LogP contribution in [0.25, 0.3) is 0 Å². The number of halogens is 2. The maximum absolute atomic E-state index is 14.2. The lowest BCUT2D eigenvalue weighted by Crippen LogP contribution is -2.39. The lowest BCUT2D eigenvalue weighted by molar-refractivity contribution is -0.134.